The fourth-order valence-corrected chi connectivity index (χ4v) is 1.12. The zero-order valence-corrected chi connectivity index (χ0v) is 7.68. The quantitative estimate of drug-likeness (QED) is 0.543. The third-order valence-electron chi connectivity index (χ3n) is 1.62. The maximum Gasteiger partial charge on any atom is 0.156 e. The molecule has 0 saturated carbocycles. The highest BCUT2D eigenvalue weighted by atomic mass is 35.5. The van der Waals surface area contributed by atoms with E-state index in [4.69, 9.17) is 16.3 Å². The minimum Gasteiger partial charge on any atom is -0.504 e. The van der Waals surface area contributed by atoms with Crippen molar-refractivity contribution in [1.29, 1.82) is 0 Å². The van der Waals surface area contributed by atoms with E-state index in [9.17, 15) is 5.11 Å². The molecule has 3 heteroatoms. The second-order valence-corrected chi connectivity index (χ2v) is 3.00. The standard InChI is InChI=1S/C9H13ClO2/c10-6-3-7-12-9-5-2-1-4-8(9)11/h4-5,11H,1-3,6-7H2. The second kappa shape index (κ2) is 5.09. The monoisotopic (exact) mass is 188 g/mol. The van der Waals surface area contributed by atoms with Crippen LogP contribution >= 0.6 is 11.6 Å². The molecule has 0 heterocycles. The summed E-state index contributed by atoms with van der Waals surface area (Å²) in [4.78, 5) is 0. The SMILES string of the molecule is OC1=CCCC=C1OCCCCl. The molecule has 68 valence electrons. The van der Waals surface area contributed by atoms with Gasteiger partial charge in [0.2, 0.25) is 0 Å². The summed E-state index contributed by atoms with van der Waals surface area (Å²) >= 11 is 5.48. The third-order valence-corrected chi connectivity index (χ3v) is 1.89. The minimum atomic E-state index is 0.260. The molecule has 1 aliphatic rings. The Kier molecular flexibility index (Phi) is 4.01. The highest BCUT2D eigenvalue weighted by molar-refractivity contribution is 6.17. The largest absolute Gasteiger partial charge is 0.504 e. The Labute approximate surface area is 77.5 Å². The lowest BCUT2D eigenvalue weighted by atomic mass is 10.1. The van der Waals surface area contributed by atoms with E-state index in [0.717, 1.165) is 19.3 Å². The number of ether oxygens (including phenoxy) is 1. The predicted molar refractivity (Wildman–Crippen MR) is 49.3 cm³/mol. The van der Waals surface area contributed by atoms with Gasteiger partial charge in [0.05, 0.1) is 6.61 Å². The van der Waals surface area contributed by atoms with Crippen molar-refractivity contribution in [2.75, 3.05) is 12.5 Å². The Bertz CT molecular complexity index is 197. The van der Waals surface area contributed by atoms with Crippen LogP contribution in [0.2, 0.25) is 0 Å². The van der Waals surface area contributed by atoms with Crippen molar-refractivity contribution >= 4 is 11.6 Å². The summed E-state index contributed by atoms with van der Waals surface area (Å²) in [5.41, 5.74) is 0. The molecule has 0 unspecified atom stereocenters. The molecule has 0 saturated heterocycles. The highest BCUT2D eigenvalue weighted by Crippen LogP contribution is 2.17. The highest BCUT2D eigenvalue weighted by Gasteiger charge is 2.07. The van der Waals surface area contributed by atoms with Crippen LogP contribution in [0.4, 0.5) is 0 Å². The molecule has 2 nitrogen and oxygen atoms in total. The zero-order valence-electron chi connectivity index (χ0n) is 6.92. The number of hydrogen-bond donors (Lipinski definition) is 1. The number of halogens is 1. The molecule has 0 radical (unpaired) electrons. The van der Waals surface area contributed by atoms with Crippen LogP contribution in [0.15, 0.2) is 23.7 Å². The van der Waals surface area contributed by atoms with Gasteiger partial charge in [-0.2, -0.15) is 0 Å². The molecule has 1 aliphatic carbocycles. The number of allylic oxidation sites excluding steroid dienone is 2. The Balaban J connectivity index is 2.31. The predicted octanol–water partition coefficient (Wildman–Crippen LogP) is 2.75. The summed E-state index contributed by atoms with van der Waals surface area (Å²) in [6.07, 6.45) is 6.33. The van der Waals surface area contributed by atoms with Gasteiger partial charge in [-0.15, -0.1) is 11.6 Å². The Morgan fingerprint density at radius 3 is 2.83 bits per heavy atom. The zero-order chi connectivity index (χ0) is 8.81. The average molecular weight is 189 g/mol. The molecule has 1 rings (SSSR count). The lowest BCUT2D eigenvalue weighted by Gasteiger charge is -2.12. The number of alkyl halides is 1. The molecule has 0 aromatic rings. The minimum absolute atomic E-state index is 0.260. The van der Waals surface area contributed by atoms with Gasteiger partial charge in [-0.1, -0.05) is 0 Å². The van der Waals surface area contributed by atoms with Crippen molar-refractivity contribution in [3.8, 4) is 0 Å². The second-order valence-electron chi connectivity index (χ2n) is 2.63. The maximum atomic E-state index is 9.30. The van der Waals surface area contributed by atoms with E-state index in [1.807, 2.05) is 6.08 Å². The Morgan fingerprint density at radius 1 is 1.42 bits per heavy atom. The van der Waals surface area contributed by atoms with Crippen LogP contribution in [0.5, 0.6) is 0 Å². The van der Waals surface area contributed by atoms with Crippen molar-refractivity contribution in [3.63, 3.8) is 0 Å². The van der Waals surface area contributed by atoms with Crippen molar-refractivity contribution in [1.82, 2.24) is 0 Å². The number of aliphatic hydroxyl groups is 1. The fourth-order valence-electron chi connectivity index (χ4n) is 1.01. The topological polar surface area (TPSA) is 29.5 Å². The molecule has 0 amide bonds. The van der Waals surface area contributed by atoms with Gasteiger partial charge in [0.1, 0.15) is 0 Å². The van der Waals surface area contributed by atoms with Crippen LogP contribution in [0.25, 0.3) is 0 Å². The average Bonchev–Trinajstić information content (AvgIpc) is 2.09. The van der Waals surface area contributed by atoms with Crippen molar-refractivity contribution in [2.24, 2.45) is 0 Å². The summed E-state index contributed by atoms with van der Waals surface area (Å²) in [6.45, 7) is 0.577. The van der Waals surface area contributed by atoms with Crippen molar-refractivity contribution in [3.05, 3.63) is 23.7 Å². The smallest absolute Gasteiger partial charge is 0.156 e. The Hall–Kier alpha value is -0.630. The molecule has 0 aromatic carbocycles. The van der Waals surface area contributed by atoms with Crippen LogP contribution in [0.3, 0.4) is 0 Å². The van der Waals surface area contributed by atoms with E-state index in [1.165, 1.54) is 0 Å². The van der Waals surface area contributed by atoms with Gasteiger partial charge < -0.3 is 9.84 Å². The first-order chi connectivity index (χ1) is 5.84. The summed E-state index contributed by atoms with van der Waals surface area (Å²) < 4.78 is 5.29. The van der Waals surface area contributed by atoms with Gasteiger partial charge in [0.25, 0.3) is 0 Å². The van der Waals surface area contributed by atoms with Gasteiger partial charge in [-0.05, 0) is 31.4 Å². The number of rotatable bonds is 4. The first kappa shape index (κ1) is 9.46. The number of hydrogen-bond acceptors (Lipinski definition) is 2. The molecule has 0 bridgehead atoms. The van der Waals surface area contributed by atoms with E-state index in [1.54, 1.807) is 6.08 Å². The van der Waals surface area contributed by atoms with Gasteiger partial charge in [-0.3, -0.25) is 0 Å². The van der Waals surface area contributed by atoms with E-state index < -0.39 is 0 Å². The molecule has 12 heavy (non-hydrogen) atoms. The van der Waals surface area contributed by atoms with Crippen molar-refractivity contribution < 1.29 is 9.84 Å². The normalized spacial score (nSPS) is 16.8. The van der Waals surface area contributed by atoms with E-state index in [0.29, 0.717) is 18.2 Å². The van der Waals surface area contributed by atoms with Gasteiger partial charge >= 0.3 is 0 Å². The van der Waals surface area contributed by atoms with E-state index >= 15 is 0 Å². The van der Waals surface area contributed by atoms with Crippen LogP contribution in [0.1, 0.15) is 19.3 Å². The molecule has 0 aliphatic heterocycles. The van der Waals surface area contributed by atoms with Crippen LogP contribution in [-0.2, 0) is 4.74 Å². The molecular formula is C9H13ClO2. The van der Waals surface area contributed by atoms with Gasteiger partial charge in [0.15, 0.2) is 11.5 Å². The summed E-state index contributed by atoms with van der Waals surface area (Å²) in [5, 5.41) is 9.30. The van der Waals surface area contributed by atoms with E-state index in [-0.39, 0.29) is 5.76 Å². The fraction of sp³-hybridized carbons (Fsp3) is 0.556. The molecule has 0 atom stereocenters. The van der Waals surface area contributed by atoms with E-state index in [2.05, 4.69) is 0 Å². The maximum absolute atomic E-state index is 9.30. The Morgan fingerprint density at radius 2 is 2.17 bits per heavy atom. The molecular weight excluding hydrogens is 176 g/mol. The van der Waals surface area contributed by atoms with Crippen LogP contribution in [0, 0.1) is 0 Å². The lowest BCUT2D eigenvalue weighted by molar-refractivity contribution is 0.191. The molecule has 0 fully saturated rings. The third kappa shape index (κ3) is 2.78. The number of aliphatic hydroxyl groups excluding tert-OH is 1. The van der Waals surface area contributed by atoms with Gasteiger partial charge in [-0.25, -0.2) is 0 Å². The summed E-state index contributed by atoms with van der Waals surface area (Å²) in [7, 11) is 0. The first-order valence-corrected chi connectivity index (χ1v) is 4.66. The summed E-state index contributed by atoms with van der Waals surface area (Å²) in [5.74, 6) is 1.46. The van der Waals surface area contributed by atoms with Crippen LogP contribution < -0.4 is 0 Å². The molecule has 0 aromatic heterocycles. The van der Waals surface area contributed by atoms with Gasteiger partial charge in [0, 0.05) is 5.88 Å². The van der Waals surface area contributed by atoms with Crippen molar-refractivity contribution in [2.45, 2.75) is 19.3 Å². The van der Waals surface area contributed by atoms with Crippen LogP contribution in [-0.4, -0.2) is 17.6 Å². The first-order valence-electron chi connectivity index (χ1n) is 4.13. The lowest BCUT2D eigenvalue weighted by Crippen LogP contribution is -2.01. The molecule has 1 N–H and O–H groups in total. The molecule has 0 spiro atoms. The summed E-state index contributed by atoms with van der Waals surface area (Å²) in [6, 6.07) is 0.